The first kappa shape index (κ1) is 19.9. The average Bonchev–Trinajstić information content (AvgIpc) is 3.23. The van der Waals surface area contributed by atoms with Gasteiger partial charge in [0.25, 0.3) is 0 Å². The van der Waals surface area contributed by atoms with E-state index in [4.69, 9.17) is 19.2 Å². The van der Waals surface area contributed by atoms with E-state index in [1.165, 1.54) is 12.0 Å². The predicted molar refractivity (Wildman–Crippen MR) is 114 cm³/mol. The van der Waals surface area contributed by atoms with Crippen molar-refractivity contribution in [3.8, 4) is 0 Å². The molecule has 1 amide bonds. The van der Waals surface area contributed by atoms with E-state index in [1.807, 2.05) is 66.7 Å². The van der Waals surface area contributed by atoms with E-state index in [0.29, 0.717) is 12.5 Å². The van der Waals surface area contributed by atoms with Gasteiger partial charge >= 0.3 is 6.09 Å². The molecule has 0 saturated heterocycles. The Morgan fingerprint density at radius 3 is 2.33 bits per heavy atom. The van der Waals surface area contributed by atoms with Crippen LogP contribution < -0.4 is 0 Å². The van der Waals surface area contributed by atoms with Gasteiger partial charge in [0.1, 0.15) is 6.04 Å². The van der Waals surface area contributed by atoms with Gasteiger partial charge in [0, 0.05) is 31.0 Å². The van der Waals surface area contributed by atoms with Crippen LogP contribution in [0.5, 0.6) is 0 Å². The summed E-state index contributed by atoms with van der Waals surface area (Å²) in [6.07, 6.45) is 4.68. The van der Waals surface area contributed by atoms with E-state index in [9.17, 15) is 4.79 Å². The lowest BCUT2D eigenvalue weighted by atomic mass is 9.90. The second-order valence-electron chi connectivity index (χ2n) is 7.10. The summed E-state index contributed by atoms with van der Waals surface area (Å²) in [6.45, 7) is 0.433. The highest BCUT2D eigenvalue weighted by atomic mass is 16.5. The molecule has 6 nitrogen and oxygen atoms in total. The zero-order valence-corrected chi connectivity index (χ0v) is 17.0. The molecule has 30 heavy (non-hydrogen) atoms. The molecule has 2 aromatic rings. The maximum absolute atomic E-state index is 12.1. The first-order chi connectivity index (χ1) is 14.7. The number of carbonyl (C=O) groups excluding carboxylic acids is 1. The minimum atomic E-state index is -0.470. The molecule has 6 heteroatoms. The van der Waals surface area contributed by atoms with Crippen LogP contribution in [-0.2, 0) is 14.2 Å². The van der Waals surface area contributed by atoms with E-state index < -0.39 is 6.09 Å². The minimum Gasteiger partial charge on any atom is -0.467 e. The summed E-state index contributed by atoms with van der Waals surface area (Å²) in [5.74, 6) is 0.418. The molecule has 2 aliphatic heterocycles. The molecule has 4 rings (SSSR count). The van der Waals surface area contributed by atoms with Gasteiger partial charge in [-0.1, -0.05) is 66.7 Å². The van der Waals surface area contributed by atoms with Gasteiger partial charge in [-0.2, -0.15) is 0 Å². The third-order valence-electron chi connectivity index (χ3n) is 5.18. The fourth-order valence-electron chi connectivity index (χ4n) is 3.73. The van der Waals surface area contributed by atoms with Crippen molar-refractivity contribution >= 4 is 12.0 Å². The number of amides is 1. The lowest BCUT2D eigenvalue weighted by Gasteiger charge is -2.26. The molecular weight excluding hydrogens is 380 g/mol. The Labute approximate surface area is 176 Å². The molecule has 0 aromatic heterocycles. The summed E-state index contributed by atoms with van der Waals surface area (Å²) in [6, 6.07) is 19.9. The van der Waals surface area contributed by atoms with Crippen LogP contribution in [0.1, 0.15) is 23.1 Å². The quantitative estimate of drug-likeness (QED) is 0.739. The molecule has 0 aliphatic carbocycles. The number of allylic oxidation sites excluding steroid dienone is 1. The Bertz CT molecular complexity index is 969. The molecule has 0 spiro atoms. The van der Waals surface area contributed by atoms with E-state index in [2.05, 4.69) is 0 Å². The van der Waals surface area contributed by atoms with Crippen molar-refractivity contribution in [2.24, 2.45) is 4.99 Å². The number of carbonyl (C=O) groups is 1. The number of ether oxygens (including phenoxy) is 3. The van der Waals surface area contributed by atoms with Gasteiger partial charge in [0.05, 0.1) is 13.7 Å². The van der Waals surface area contributed by atoms with Crippen molar-refractivity contribution in [2.45, 2.75) is 18.1 Å². The average molecular weight is 404 g/mol. The number of rotatable bonds is 5. The van der Waals surface area contributed by atoms with Crippen molar-refractivity contribution in [3.63, 3.8) is 0 Å². The van der Waals surface area contributed by atoms with Crippen LogP contribution in [0.15, 0.2) is 89.7 Å². The molecule has 2 aromatic carbocycles. The Balaban J connectivity index is 1.71. The number of hydrogen-bond donors (Lipinski definition) is 0. The third kappa shape index (κ3) is 4.00. The highest BCUT2D eigenvalue weighted by Gasteiger charge is 2.36. The Morgan fingerprint density at radius 1 is 1.03 bits per heavy atom. The van der Waals surface area contributed by atoms with Crippen molar-refractivity contribution in [1.82, 2.24) is 4.90 Å². The van der Waals surface area contributed by atoms with Gasteiger partial charge in [-0.3, -0.25) is 4.90 Å². The smallest absolute Gasteiger partial charge is 0.417 e. The normalized spacial score (nSPS) is 22.9. The second-order valence-corrected chi connectivity index (χ2v) is 7.10. The van der Waals surface area contributed by atoms with E-state index in [0.717, 1.165) is 16.7 Å². The number of benzene rings is 2. The number of aliphatic imine (C=N–C) groups is 1. The number of hydrogen-bond acceptors (Lipinski definition) is 5. The van der Waals surface area contributed by atoms with Crippen molar-refractivity contribution in [1.29, 1.82) is 0 Å². The van der Waals surface area contributed by atoms with Crippen LogP contribution in [0.2, 0.25) is 0 Å². The summed E-state index contributed by atoms with van der Waals surface area (Å²) in [5, 5.41) is 0. The largest absolute Gasteiger partial charge is 0.467 e. The van der Waals surface area contributed by atoms with Gasteiger partial charge in [0.2, 0.25) is 5.90 Å². The van der Waals surface area contributed by atoms with Gasteiger partial charge in [-0.05, 0) is 11.1 Å². The molecule has 0 unspecified atom stereocenters. The van der Waals surface area contributed by atoms with Crippen LogP contribution in [0, 0.1) is 0 Å². The molecular formula is C24H24N2O4. The third-order valence-corrected chi connectivity index (χ3v) is 5.18. The molecule has 2 aliphatic rings. The monoisotopic (exact) mass is 404 g/mol. The zero-order chi connectivity index (χ0) is 20.9. The maximum Gasteiger partial charge on any atom is 0.417 e. The Hall–Kier alpha value is -3.38. The van der Waals surface area contributed by atoms with Gasteiger partial charge in [-0.15, -0.1) is 0 Å². The molecule has 0 radical (unpaired) electrons. The molecule has 3 atom stereocenters. The zero-order valence-electron chi connectivity index (χ0n) is 17.0. The summed E-state index contributed by atoms with van der Waals surface area (Å²) in [4.78, 5) is 18.4. The van der Waals surface area contributed by atoms with Crippen molar-refractivity contribution in [2.75, 3.05) is 20.8 Å². The first-order valence-corrected chi connectivity index (χ1v) is 9.81. The Kier molecular flexibility index (Phi) is 5.95. The van der Waals surface area contributed by atoms with Crippen LogP contribution in [0.4, 0.5) is 4.79 Å². The van der Waals surface area contributed by atoms with Crippen molar-refractivity contribution in [3.05, 3.63) is 95.8 Å². The highest BCUT2D eigenvalue weighted by molar-refractivity contribution is 5.97. The van der Waals surface area contributed by atoms with Crippen LogP contribution in [-0.4, -0.2) is 43.8 Å². The number of nitrogens with zero attached hydrogens (tertiary/aromatic N) is 2. The van der Waals surface area contributed by atoms with Crippen LogP contribution in [0.25, 0.3) is 0 Å². The lowest BCUT2D eigenvalue weighted by molar-refractivity contribution is 0.120. The fourth-order valence-corrected chi connectivity index (χ4v) is 3.73. The standard InChI is InChI=1S/C24H24N2O4/c1-28-16-21-22(18-11-7-4-8-12-18)30-23(25-21)20-15-26(24(27)29-2)14-13-19(20)17-9-5-3-6-10-17/h3-15,19,21-22H,16H2,1-2H3/t19-,21+,22+/m1/s1. The van der Waals surface area contributed by atoms with Crippen molar-refractivity contribution < 1.29 is 19.0 Å². The van der Waals surface area contributed by atoms with E-state index in [-0.39, 0.29) is 18.1 Å². The molecule has 0 fully saturated rings. The summed E-state index contributed by atoms with van der Waals surface area (Å²) >= 11 is 0. The summed E-state index contributed by atoms with van der Waals surface area (Å²) in [5.41, 5.74) is 2.92. The van der Waals surface area contributed by atoms with E-state index in [1.54, 1.807) is 19.5 Å². The van der Waals surface area contributed by atoms with Gasteiger partial charge in [-0.25, -0.2) is 9.79 Å². The number of methoxy groups -OCH3 is 2. The van der Waals surface area contributed by atoms with Gasteiger partial charge < -0.3 is 14.2 Å². The SMILES string of the molecule is COC[C@@H]1N=C(C2=CN(C(=O)OC)C=C[C@@H]2c2ccccc2)O[C@H]1c1ccccc1. The lowest BCUT2D eigenvalue weighted by Crippen LogP contribution is -2.26. The molecule has 0 saturated carbocycles. The highest BCUT2D eigenvalue weighted by Crippen LogP contribution is 2.37. The van der Waals surface area contributed by atoms with E-state index >= 15 is 0 Å². The first-order valence-electron chi connectivity index (χ1n) is 9.81. The second kappa shape index (κ2) is 8.97. The van der Waals surface area contributed by atoms with Crippen LogP contribution in [0.3, 0.4) is 0 Å². The fraction of sp³-hybridized carbons (Fsp3) is 0.250. The molecule has 0 bridgehead atoms. The molecule has 154 valence electrons. The molecule has 0 N–H and O–H groups in total. The Morgan fingerprint density at radius 2 is 1.70 bits per heavy atom. The summed E-state index contributed by atoms with van der Waals surface area (Å²) < 4.78 is 16.6. The predicted octanol–water partition coefficient (Wildman–Crippen LogP) is 4.43. The summed E-state index contributed by atoms with van der Waals surface area (Å²) in [7, 11) is 3.01. The maximum atomic E-state index is 12.1. The van der Waals surface area contributed by atoms with Gasteiger partial charge in [0.15, 0.2) is 6.10 Å². The van der Waals surface area contributed by atoms with Crippen LogP contribution >= 0.6 is 0 Å². The topological polar surface area (TPSA) is 60.4 Å². The minimum absolute atomic E-state index is 0.0939. The molecule has 2 heterocycles.